The van der Waals surface area contributed by atoms with Gasteiger partial charge < -0.3 is 0 Å². The summed E-state index contributed by atoms with van der Waals surface area (Å²) < 4.78 is 2.61. The van der Waals surface area contributed by atoms with Crippen molar-refractivity contribution < 1.29 is 0 Å². The van der Waals surface area contributed by atoms with Crippen molar-refractivity contribution in [3.63, 3.8) is 0 Å². The molecule has 1 N–H and O–H groups in total. The van der Waals surface area contributed by atoms with Crippen molar-refractivity contribution in [2.24, 2.45) is 0 Å². The molecule has 0 bridgehead atoms. The minimum atomic E-state index is 0.648. The fourth-order valence-electron chi connectivity index (χ4n) is 1.56. The van der Waals surface area contributed by atoms with Gasteiger partial charge in [0.25, 0.3) is 0 Å². The van der Waals surface area contributed by atoms with Crippen LogP contribution >= 0.6 is 24.0 Å². The number of nitrogens with one attached hydrogen (secondary N) is 1. The highest BCUT2D eigenvalue weighted by Crippen LogP contribution is 2.22. The predicted octanol–water partition coefficient (Wildman–Crippen LogP) is 3.73. The smallest absolute Gasteiger partial charge is 0.195 e. The van der Waals surface area contributed by atoms with Crippen LogP contribution in [0, 0.1) is 11.7 Å². The minimum absolute atomic E-state index is 0.648. The van der Waals surface area contributed by atoms with Gasteiger partial charge in [0.15, 0.2) is 4.77 Å². The summed E-state index contributed by atoms with van der Waals surface area (Å²) in [7, 11) is 0. The zero-order valence-electron chi connectivity index (χ0n) is 10.2. The van der Waals surface area contributed by atoms with Crippen LogP contribution in [0.4, 0.5) is 0 Å². The van der Waals surface area contributed by atoms with Crippen molar-refractivity contribution in [2.75, 3.05) is 0 Å². The number of nitrogens with zero attached hydrogens (tertiary/aromatic N) is 2. The Balaban J connectivity index is 2.08. The lowest BCUT2D eigenvalue weighted by Crippen LogP contribution is -2.01. The van der Waals surface area contributed by atoms with Gasteiger partial charge in [-0.3, -0.25) is 9.67 Å². The summed E-state index contributed by atoms with van der Waals surface area (Å²) in [6.07, 6.45) is 1.82. The largest absolute Gasteiger partial charge is 0.300 e. The van der Waals surface area contributed by atoms with Gasteiger partial charge in [0.05, 0.1) is 5.75 Å². The van der Waals surface area contributed by atoms with Gasteiger partial charge in [0.2, 0.25) is 0 Å². The van der Waals surface area contributed by atoms with Crippen molar-refractivity contribution in [3.8, 4) is 0 Å². The molecule has 1 aromatic carbocycles. The number of benzene rings is 1. The Kier molecular flexibility index (Phi) is 4.38. The zero-order valence-corrected chi connectivity index (χ0v) is 11.9. The highest BCUT2D eigenvalue weighted by Gasteiger charge is 2.05. The third-order valence-corrected chi connectivity index (χ3v) is 3.86. The number of hydrogen-bond donors (Lipinski definition) is 1. The van der Waals surface area contributed by atoms with E-state index in [0.29, 0.717) is 11.3 Å². The highest BCUT2D eigenvalue weighted by molar-refractivity contribution is 7.98. The third kappa shape index (κ3) is 3.11. The van der Waals surface area contributed by atoms with Crippen LogP contribution < -0.4 is 0 Å². The van der Waals surface area contributed by atoms with Crippen molar-refractivity contribution >= 4 is 24.0 Å². The molecule has 0 radical (unpaired) electrons. The second-order valence-corrected chi connectivity index (χ2v) is 5.38. The van der Waals surface area contributed by atoms with Crippen LogP contribution in [0.2, 0.25) is 0 Å². The molecule has 0 amide bonds. The van der Waals surface area contributed by atoms with Crippen molar-refractivity contribution in [1.82, 2.24) is 14.8 Å². The quantitative estimate of drug-likeness (QED) is 0.513. The van der Waals surface area contributed by atoms with Crippen molar-refractivity contribution in [3.05, 3.63) is 53.1 Å². The Morgan fingerprint density at radius 1 is 1.44 bits per heavy atom. The van der Waals surface area contributed by atoms with E-state index in [1.165, 1.54) is 10.5 Å². The lowest BCUT2D eigenvalue weighted by Gasteiger charge is -2.04. The van der Waals surface area contributed by atoms with Crippen molar-refractivity contribution in [2.45, 2.75) is 24.1 Å². The molecule has 0 unspecified atom stereocenters. The van der Waals surface area contributed by atoms with Gasteiger partial charge in [0.1, 0.15) is 5.82 Å². The second-order valence-electron chi connectivity index (χ2n) is 3.95. The lowest BCUT2D eigenvalue weighted by atomic mass is 10.2. The topological polar surface area (TPSA) is 33.6 Å². The lowest BCUT2D eigenvalue weighted by molar-refractivity contribution is 0.766. The van der Waals surface area contributed by atoms with Crippen LogP contribution in [0.5, 0.6) is 0 Å². The molecular formula is C13H15N3S2. The van der Waals surface area contributed by atoms with Gasteiger partial charge in [-0.2, -0.15) is 5.10 Å². The number of hydrogen-bond acceptors (Lipinski definition) is 3. The van der Waals surface area contributed by atoms with E-state index in [1.807, 2.05) is 10.6 Å². The number of aromatic nitrogens is 3. The summed E-state index contributed by atoms with van der Waals surface area (Å²) in [4.78, 5) is 1.24. The number of rotatable bonds is 5. The van der Waals surface area contributed by atoms with E-state index in [4.69, 9.17) is 12.2 Å². The Bertz CT molecular complexity index is 581. The maximum Gasteiger partial charge on any atom is 0.195 e. The SMILES string of the molecule is C=CCn1c(CSc2ccc(C)cc2)n[nH]c1=S. The van der Waals surface area contributed by atoms with E-state index in [9.17, 15) is 0 Å². The minimum Gasteiger partial charge on any atom is -0.300 e. The van der Waals surface area contributed by atoms with Crippen LogP contribution in [0.25, 0.3) is 0 Å². The van der Waals surface area contributed by atoms with Gasteiger partial charge in [-0.25, -0.2) is 0 Å². The molecule has 0 aliphatic rings. The maximum atomic E-state index is 5.17. The summed E-state index contributed by atoms with van der Waals surface area (Å²) in [6.45, 7) is 6.51. The Hall–Kier alpha value is -1.33. The summed E-state index contributed by atoms with van der Waals surface area (Å²) in [5.41, 5.74) is 1.27. The first kappa shape index (κ1) is 13.1. The third-order valence-electron chi connectivity index (χ3n) is 2.54. The van der Waals surface area contributed by atoms with Crippen LogP contribution in [-0.2, 0) is 12.3 Å². The first-order valence-electron chi connectivity index (χ1n) is 5.65. The first-order chi connectivity index (χ1) is 8.70. The fraction of sp³-hybridized carbons (Fsp3) is 0.231. The van der Waals surface area contributed by atoms with E-state index < -0.39 is 0 Å². The Labute approximate surface area is 116 Å². The van der Waals surface area contributed by atoms with Crippen LogP contribution in [0.15, 0.2) is 41.8 Å². The molecule has 2 rings (SSSR count). The molecule has 1 heterocycles. The summed E-state index contributed by atoms with van der Waals surface area (Å²) >= 11 is 6.93. The number of H-pyrrole nitrogens is 1. The molecule has 0 saturated carbocycles. The predicted molar refractivity (Wildman–Crippen MR) is 78.3 cm³/mol. The van der Waals surface area contributed by atoms with Gasteiger partial charge in [-0.05, 0) is 31.3 Å². The van der Waals surface area contributed by atoms with E-state index >= 15 is 0 Å². The molecule has 0 aliphatic carbocycles. The summed E-state index contributed by atoms with van der Waals surface area (Å²) in [5, 5.41) is 7.07. The van der Waals surface area contributed by atoms with Gasteiger partial charge in [-0.1, -0.05) is 23.8 Å². The summed E-state index contributed by atoms with van der Waals surface area (Å²) in [5.74, 6) is 1.75. The monoisotopic (exact) mass is 277 g/mol. The standard InChI is InChI=1S/C13H15N3S2/c1-3-8-16-12(14-15-13(16)17)9-18-11-6-4-10(2)5-7-11/h3-7H,1,8-9H2,2H3,(H,15,17). The summed E-state index contributed by atoms with van der Waals surface area (Å²) in [6, 6.07) is 8.48. The normalized spacial score (nSPS) is 10.5. The molecule has 5 heteroatoms. The second kappa shape index (κ2) is 6.02. The van der Waals surface area contributed by atoms with E-state index in [2.05, 4.69) is 48.0 Å². The molecule has 18 heavy (non-hydrogen) atoms. The number of thioether (sulfide) groups is 1. The van der Waals surface area contributed by atoms with E-state index in [0.717, 1.165) is 11.6 Å². The molecule has 1 aromatic heterocycles. The van der Waals surface area contributed by atoms with Gasteiger partial charge in [0, 0.05) is 11.4 Å². The molecule has 0 aliphatic heterocycles. The molecule has 3 nitrogen and oxygen atoms in total. The van der Waals surface area contributed by atoms with Gasteiger partial charge >= 0.3 is 0 Å². The molecule has 0 saturated heterocycles. The van der Waals surface area contributed by atoms with Crippen LogP contribution in [0.1, 0.15) is 11.4 Å². The first-order valence-corrected chi connectivity index (χ1v) is 7.04. The fourth-order valence-corrected chi connectivity index (χ4v) is 2.63. The van der Waals surface area contributed by atoms with Crippen LogP contribution in [-0.4, -0.2) is 14.8 Å². The molecule has 0 fully saturated rings. The van der Waals surface area contributed by atoms with Crippen LogP contribution in [0.3, 0.4) is 0 Å². The average Bonchev–Trinajstić information content (AvgIpc) is 2.71. The zero-order chi connectivity index (χ0) is 13.0. The highest BCUT2D eigenvalue weighted by atomic mass is 32.2. The van der Waals surface area contributed by atoms with E-state index in [-0.39, 0.29) is 0 Å². The van der Waals surface area contributed by atoms with Crippen molar-refractivity contribution in [1.29, 1.82) is 0 Å². The Morgan fingerprint density at radius 2 is 2.17 bits per heavy atom. The molecule has 0 atom stereocenters. The molecule has 0 spiro atoms. The Morgan fingerprint density at radius 3 is 2.83 bits per heavy atom. The maximum absolute atomic E-state index is 5.17. The molecule has 94 valence electrons. The molecule has 2 aromatic rings. The van der Waals surface area contributed by atoms with E-state index in [1.54, 1.807) is 11.8 Å². The van der Waals surface area contributed by atoms with Gasteiger partial charge in [-0.15, -0.1) is 18.3 Å². The molecular weight excluding hydrogens is 262 g/mol. The number of aromatic amines is 1. The average molecular weight is 277 g/mol. The number of allylic oxidation sites excluding steroid dienone is 1. The number of aryl methyl sites for hydroxylation is 1.